The fraction of sp³-hybridized carbons (Fsp3) is 0.176. The van der Waals surface area contributed by atoms with Crippen LogP contribution in [-0.2, 0) is 4.79 Å². The first-order valence-corrected chi connectivity index (χ1v) is 7.16. The summed E-state index contributed by atoms with van der Waals surface area (Å²) in [5.74, 6) is 1.02. The van der Waals surface area contributed by atoms with E-state index < -0.39 is 0 Å². The lowest BCUT2D eigenvalue weighted by Gasteiger charge is -2.07. The largest absolute Gasteiger partial charge is 0.310 e. The first-order valence-electron chi connectivity index (χ1n) is 7.16. The number of anilines is 1. The van der Waals surface area contributed by atoms with Crippen LogP contribution in [0.15, 0.2) is 54.7 Å². The van der Waals surface area contributed by atoms with Crippen LogP contribution in [0.5, 0.6) is 0 Å². The van der Waals surface area contributed by atoms with Gasteiger partial charge in [0.1, 0.15) is 17.2 Å². The van der Waals surface area contributed by atoms with E-state index in [1.165, 1.54) is 0 Å². The number of hydrogen-bond acceptors (Lipinski definition) is 2. The van der Waals surface area contributed by atoms with Crippen molar-refractivity contribution in [3.05, 3.63) is 54.7 Å². The second-order valence-corrected chi connectivity index (χ2v) is 5.37. The van der Waals surface area contributed by atoms with Crippen LogP contribution in [0.2, 0.25) is 0 Å². The predicted octanol–water partition coefficient (Wildman–Crippen LogP) is 3.35. The molecule has 21 heavy (non-hydrogen) atoms. The molecule has 1 aromatic carbocycles. The van der Waals surface area contributed by atoms with Crippen molar-refractivity contribution in [3.8, 4) is 11.3 Å². The lowest BCUT2D eigenvalue weighted by atomic mass is 10.1. The number of imidazole rings is 1. The summed E-state index contributed by atoms with van der Waals surface area (Å²) in [6.45, 7) is 0. The van der Waals surface area contributed by atoms with Gasteiger partial charge in [0.15, 0.2) is 0 Å². The van der Waals surface area contributed by atoms with Crippen LogP contribution < -0.4 is 5.32 Å². The van der Waals surface area contributed by atoms with E-state index in [9.17, 15) is 4.79 Å². The minimum atomic E-state index is 0.0952. The lowest BCUT2D eigenvalue weighted by Crippen LogP contribution is -2.15. The average molecular weight is 277 g/mol. The zero-order chi connectivity index (χ0) is 14.2. The van der Waals surface area contributed by atoms with Crippen LogP contribution in [0.3, 0.4) is 0 Å². The molecular weight excluding hydrogens is 262 g/mol. The Kier molecular flexibility index (Phi) is 2.74. The monoisotopic (exact) mass is 277 g/mol. The summed E-state index contributed by atoms with van der Waals surface area (Å²) < 4.78 is 1.93. The Morgan fingerprint density at radius 3 is 2.62 bits per heavy atom. The molecule has 4 rings (SSSR count). The summed E-state index contributed by atoms with van der Waals surface area (Å²) in [5, 5.41) is 3.06. The summed E-state index contributed by atoms with van der Waals surface area (Å²) in [6.07, 6.45) is 3.91. The third kappa shape index (κ3) is 2.18. The van der Waals surface area contributed by atoms with Gasteiger partial charge in [0.25, 0.3) is 0 Å². The van der Waals surface area contributed by atoms with Crippen LogP contribution in [-0.4, -0.2) is 15.3 Å². The number of nitrogens with one attached hydrogen (secondary N) is 1. The van der Waals surface area contributed by atoms with Crippen molar-refractivity contribution >= 4 is 17.4 Å². The summed E-state index contributed by atoms with van der Waals surface area (Å²) in [4.78, 5) is 16.8. The minimum Gasteiger partial charge on any atom is -0.310 e. The molecule has 0 bridgehead atoms. The first-order chi connectivity index (χ1) is 10.3. The Labute approximate surface area is 122 Å². The highest BCUT2D eigenvalue weighted by Crippen LogP contribution is 2.33. The quantitative estimate of drug-likeness (QED) is 0.798. The molecule has 0 radical (unpaired) electrons. The number of nitrogens with zero attached hydrogens (tertiary/aromatic N) is 2. The smallest absolute Gasteiger partial charge is 0.228 e. The molecule has 1 fully saturated rings. The molecule has 2 aromatic heterocycles. The predicted molar refractivity (Wildman–Crippen MR) is 82.0 cm³/mol. The Bertz CT molecular complexity index is 803. The maximum atomic E-state index is 12.1. The number of carbonyl (C=O) groups excluding carboxylic acids is 1. The maximum absolute atomic E-state index is 12.1. The van der Waals surface area contributed by atoms with E-state index >= 15 is 0 Å². The summed E-state index contributed by atoms with van der Waals surface area (Å²) in [6, 6.07) is 15.8. The van der Waals surface area contributed by atoms with Crippen molar-refractivity contribution in [1.29, 1.82) is 0 Å². The van der Waals surface area contributed by atoms with E-state index in [2.05, 4.69) is 10.3 Å². The topological polar surface area (TPSA) is 46.4 Å². The third-order valence-electron chi connectivity index (χ3n) is 3.77. The van der Waals surface area contributed by atoms with Gasteiger partial charge in [-0.2, -0.15) is 0 Å². The highest BCUT2D eigenvalue weighted by atomic mass is 16.2. The van der Waals surface area contributed by atoms with E-state index in [4.69, 9.17) is 0 Å². The van der Waals surface area contributed by atoms with Gasteiger partial charge in [-0.05, 0) is 25.0 Å². The summed E-state index contributed by atoms with van der Waals surface area (Å²) in [7, 11) is 0. The molecule has 1 saturated carbocycles. The van der Waals surface area contributed by atoms with Gasteiger partial charge in [0.2, 0.25) is 5.91 Å². The third-order valence-corrected chi connectivity index (χ3v) is 3.77. The van der Waals surface area contributed by atoms with E-state index in [1.807, 2.05) is 59.1 Å². The fourth-order valence-electron chi connectivity index (χ4n) is 2.48. The van der Waals surface area contributed by atoms with Crippen molar-refractivity contribution < 1.29 is 4.79 Å². The zero-order valence-electron chi connectivity index (χ0n) is 11.5. The number of benzene rings is 1. The van der Waals surface area contributed by atoms with Gasteiger partial charge in [-0.15, -0.1) is 0 Å². The van der Waals surface area contributed by atoms with Gasteiger partial charge in [0.05, 0.1) is 0 Å². The normalized spacial score (nSPS) is 14.3. The molecule has 0 spiro atoms. The molecule has 2 heterocycles. The number of amides is 1. The molecule has 1 aliphatic carbocycles. The van der Waals surface area contributed by atoms with Crippen molar-refractivity contribution in [3.63, 3.8) is 0 Å². The maximum Gasteiger partial charge on any atom is 0.228 e. The van der Waals surface area contributed by atoms with Gasteiger partial charge < -0.3 is 5.32 Å². The second-order valence-electron chi connectivity index (χ2n) is 5.37. The van der Waals surface area contributed by atoms with Gasteiger partial charge >= 0.3 is 0 Å². The standard InChI is InChI=1S/C17H15N3O/c21-17(13-9-10-13)19-16-15(12-6-2-1-3-7-12)18-14-8-4-5-11-20(14)16/h1-8,11,13H,9-10H2,(H,19,21). The number of pyridine rings is 1. The van der Waals surface area contributed by atoms with Crippen molar-refractivity contribution in [1.82, 2.24) is 9.38 Å². The highest BCUT2D eigenvalue weighted by Gasteiger charge is 2.31. The minimum absolute atomic E-state index is 0.0952. The molecule has 0 aliphatic heterocycles. The zero-order valence-corrected chi connectivity index (χ0v) is 11.5. The van der Waals surface area contributed by atoms with Crippen LogP contribution >= 0.6 is 0 Å². The molecular formula is C17H15N3O. The first kappa shape index (κ1) is 12.1. The SMILES string of the molecule is O=C(Nc1c(-c2ccccc2)nc2ccccn12)C1CC1. The van der Waals surface area contributed by atoms with E-state index in [-0.39, 0.29) is 11.8 Å². The van der Waals surface area contributed by atoms with Crippen LogP contribution in [0.25, 0.3) is 16.9 Å². The molecule has 0 atom stereocenters. The molecule has 0 saturated heterocycles. The Hall–Kier alpha value is -2.62. The number of hydrogen-bond donors (Lipinski definition) is 1. The van der Waals surface area contributed by atoms with Gasteiger partial charge in [-0.3, -0.25) is 9.20 Å². The fourth-order valence-corrected chi connectivity index (χ4v) is 2.48. The lowest BCUT2D eigenvalue weighted by molar-refractivity contribution is -0.117. The molecule has 1 aliphatic rings. The summed E-state index contributed by atoms with van der Waals surface area (Å²) >= 11 is 0. The number of aromatic nitrogens is 2. The molecule has 104 valence electrons. The van der Waals surface area contributed by atoms with Crippen molar-refractivity contribution in [2.75, 3.05) is 5.32 Å². The average Bonchev–Trinajstić information content (AvgIpc) is 3.32. The van der Waals surface area contributed by atoms with Crippen molar-refractivity contribution in [2.45, 2.75) is 12.8 Å². The Morgan fingerprint density at radius 2 is 1.86 bits per heavy atom. The van der Waals surface area contributed by atoms with Gasteiger partial charge in [-0.1, -0.05) is 36.4 Å². The van der Waals surface area contributed by atoms with Crippen LogP contribution in [0, 0.1) is 5.92 Å². The van der Waals surface area contributed by atoms with Gasteiger partial charge in [-0.25, -0.2) is 4.98 Å². The highest BCUT2D eigenvalue weighted by molar-refractivity contribution is 5.97. The molecule has 0 unspecified atom stereocenters. The molecule has 4 heteroatoms. The molecule has 1 amide bonds. The van der Waals surface area contributed by atoms with Gasteiger partial charge in [0, 0.05) is 17.7 Å². The van der Waals surface area contributed by atoms with E-state index in [0.29, 0.717) is 0 Å². The van der Waals surface area contributed by atoms with E-state index in [0.717, 1.165) is 35.6 Å². The van der Waals surface area contributed by atoms with E-state index in [1.54, 1.807) is 0 Å². The summed E-state index contributed by atoms with van der Waals surface area (Å²) in [5.41, 5.74) is 2.66. The Balaban J connectivity index is 1.86. The van der Waals surface area contributed by atoms with Crippen molar-refractivity contribution in [2.24, 2.45) is 5.92 Å². The Morgan fingerprint density at radius 1 is 1.10 bits per heavy atom. The number of rotatable bonds is 3. The number of carbonyl (C=O) groups is 1. The van der Waals surface area contributed by atoms with Crippen LogP contribution in [0.4, 0.5) is 5.82 Å². The van der Waals surface area contributed by atoms with Crippen LogP contribution in [0.1, 0.15) is 12.8 Å². The number of fused-ring (bicyclic) bond motifs is 1. The molecule has 4 nitrogen and oxygen atoms in total. The second kappa shape index (κ2) is 4.74. The molecule has 1 N–H and O–H groups in total. The molecule has 3 aromatic rings.